The fraction of sp³-hybridized carbons (Fsp3) is 0.667. The number of nitrogens with one attached hydrogen (secondary N) is 3. The van der Waals surface area contributed by atoms with E-state index in [1.807, 2.05) is 0 Å². The molecule has 0 saturated carbocycles. The summed E-state index contributed by atoms with van der Waals surface area (Å²) in [5, 5.41) is 43.2. The van der Waals surface area contributed by atoms with Gasteiger partial charge in [0.25, 0.3) is 0 Å². The molecule has 0 aliphatic carbocycles. The zero-order chi connectivity index (χ0) is 25.7. The number of thioether (sulfide) groups is 1. The van der Waals surface area contributed by atoms with Gasteiger partial charge in [-0.15, -0.1) is 0 Å². The lowest BCUT2D eigenvalue weighted by atomic mass is 10.1. The molecule has 0 aromatic carbocycles. The maximum Gasteiger partial charge on any atom is 0.326 e. The van der Waals surface area contributed by atoms with Crippen molar-refractivity contribution in [3.63, 3.8) is 0 Å². The van der Waals surface area contributed by atoms with Crippen LogP contribution in [0.3, 0.4) is 0 Å². The summed E-state index contributed by atoms with van der Waals surface area (Å²) in [6.45, 7) is 1.16. The molecule has 0 aromatic rings. The Bertz CT molecular complexity index is 733. The molecule has 15 heteroatoms. The molecule has 33 heavy (non-hydrogen) atoms. The SMILES string of the molecule is CSCCC(NC(=O)C(N)CC(=O)O)C(=O)NC(C(=O)NC(CCC(=O)O)C(=O)O)C(C)O. The molecule has 0 bridgehead atoms. The van der Waals surface area contributed by atoms with E-state index < -0.39 is 85.2 Å². The molecule has 0 aromatic heterocycles. The zero-order valence-electron chi connectivity index (χ0n) is 18.1. The van der Waals surface area contributed by atoms with E-state index in [0.717, 1.165) is 6.92 Å². The first-order chi connectivity index (χ1) is 15.3. The Labute approximate surface area is 193 Å². The fourth-order valence-corrected chi connectivity index (χ4v) is 2.98. The lowest BCUT2D eigenvalue weighted by Gasteiger charge is -2.26. The predicted octanol–water partition coefficient (Wildman–Crippen LogP) is -2.67. The Morgan fingerprint density at radius 2 is 1.42 bits per heavy atom. The smallest absolute Gasteiger partial charge is 0.326 e. The summed E-state index contributed by atoms with van der Waals surface area (Å²) >= 11 is 1.35. The molecule has 0 rings (SSSR count). The second-order valence-corrected chi connectivity index (χ2v) is 8.09. The van der Waals surface area contributed by atoms with E-state index in [0.29, 0.717) is 5.75 Å². The molecule has 3 amide bonds. The van der Waals surface area contributed by atoms with Crippen LogP contribution in [0.25, 0.3) is 0 Å². The standard InChI is InChI=1S/C18H30N4O10S/c1-8(23)14(17(30)21-11(18(31)32)3-4-12(24)25)22-16(29)10(5-6-33-2)20-15(28)9(19)7-13(26)27/h8-11,14,23H,3-7,19H2,1-2H3,(H,20,28)(H,21,30)(H,22,29)(H,24,25)(H,26,27)(H,31,32). The number of hydrogen-bond donors (Lipinski definition) is 8. The Hall–Kier alpha value is -2.91. The molecule has 0 fully saturated rings. The van der Waals surface area contributed by atoms with E-state index in [1.165, 1.54) is 11.8 Å². The molecule has 5 atom stereocenters. The number of carboxylic acids is 3. The number of hydrogen-bond acceptors (Lipinski definition) is 9. The molecular weight excluding hydrogens is 464 g/mol. The largest absolute Gasteiger partial charge is 0.481 e. The lowest BCUT2D eigenvalue weighted by Crippen LogP contribution is -2.60. The van der Waals surface area contributed by atoms with Crippen LogP contribution in [0.4, 0.5) is 0 Å². The highest BCUT2D eigenvalue weighted by Crippen LogP contribution is 2.05. The number of nitrogens with two attached hydrogens (primary N) is 1. The van der Waals surface area contributed by atoms with Gasteiger partial charge in [0.2, 0.25) is 17.7 Å². The highest BCUT2D eigenvalue weighted by atomic mass is 32.2. The summed E-state index contributed by atoms with van der Waals surface area (Å²) in [5.41, 5.74) is 5.49. The molecule has 0 heterocycles. The molecule has 0 radical (unpaired) electrons. The van der Waals surface area contributed by atoms with E-state index in [1.54, 1.807) is 6.26 Å². The molecule has 9 N–H and O–H groups in total. The molecule has 0 aliphatic heterocycles. The molecule has 5 unspecified atom stereocenters. The van der Waals surface area contributed by atoms with Gasteiger partial charge >= 0.3 is 17.9 Å². The van der Waals surface area contributed by atoms with Crippen molar-refractivity contribution >= 4 is 47.4 Å². The number of carboxylic acid groups (broad SMARTS) is 3. The topological polar surface area (TPSA) is 245 Å². The van der Waals surface area contributed by atoms with Gasteiger partial charge < -0.3 is 42.1 Å². The number of aliphatic carboxylic acids is 3. The summed E-state index contributed by atoms with van der Waals surface area (Å²) < 4.78 is 0. The minimum Gasteiger partial charge on any atom is -0.481 e. The Morgan fingerprint density at radius 3 is 1.88 bits per heavy atom. The summed E-state index contributed by atoms with van der Waals surface area (Å²) in [4.78, 5) is 70.0. The van der Waals surface area contributed by atoms with Crippen molar-refractivity contribution in [2.24, 2.45) is 5.73 Å². The molecule has 0 saturated heterocycles. The van der Waals surface area contributed by atoms with Crippen molar-refractivity contribution in [2.45, 2.75) is 62.9 Å². The second-order valence-electron chi connectivity index (χ2n) is 7.11. The Balaban J connectivity index is 5.39. The lowest BCUT2D eigenvalue weighted by molar-refractivity contribution is -0.144. The average Bonchev–Trinajstić information content (AvgIpc) is 2.70. The van der Waals surface area contributed by atoms with Gasteiger partial charge in [-0.3, -0.25) is 24.0 Å². The van der Waals surface area contributed by atoms with Crippen LogP contribution in [-0.2, 0) is 28.8 Å². The van der Waals surface area contributed by atoms with Gasteiger partial charge in [0, 0.05) is 6.42 Å². The van der Waals surface area contributed by atoms with Crippen molar-refractivity contribution in [3.8, 4) is 0 Å². The molecule has 0 spiro atoms. The third-order valence-electron chi connectivity index (χ3n) is 4.30. The first-order valence-electron chi connectivity index (χ1n) is 9.80. The third-order valence-corrected chi connectivity index (χ3v) is 4.94. The van der Waals surface area contributed by atoms with Gasteiger partial charge in [-0.25, -0.2) is 4.79 Å². The quantitative estimate of drug-likeness (QED) is 0.109. The van der Waals surface area contributed by atoms with Crippen LogP contribution in [-0.4, -0.2) is 98.3 Å². The normalized spacial score (nSPS) is 15.3. The summed E-state index contributed by atoms with van der Waals surface area (Å²) in [6, 6.07) is -5.84. The van der Waals surface area contributed by atoms with Crippen LogP contribution in [0.1, 0.15) is 32.6 Å². The van der Waals surface area contributed by atoms with Crippen molar-refractivity contribution in [1.82, 2.24) is 16.0 Å². The number of aliphatic hydroxyl groups excluding tert-OH is 1. The van der Waals surface area contributed by atoms with Gasteiger partial charge in [0.15, 0.2) is 0 Å². The summed E-state index contributed by atoms with van der Waals surface area (Å²) in [6.07, 6.45) is -1.29. The number of amides is 3. The van der Waals surface area contributed by atoms with Crippen LogP contribution in [0.15, 0.2) is 0 Å². The van der Waals surface area contributed by atoms with Crippen molar-refractivity contribution in [2.75, 3.05) is 12.0 Å². The molecule has 14 nitrogen and oxygen atoms in total. The van der Waals surface area contributed by atoms with Crippen LogP contribution in [0.5, 0.6) is 0 Å². The Morgan fingerprint density at radius 1 is 0.848 bits per heavy atom. The highest BCUT2D eigenvalue weighted by Gasteiger charge is 2.33. The minimum atomic E-state index is -1.62. The van der Waals surface area contributed by atoms with E-state index in [9.17, 15) is 39.0 Å². The first kappa shape index (κ1) is 30.1. The van der Waals surface area contributed by atoms with E-state index in [4.69, 9.17) is 15.9 Å². The van der Waals surface area contributed by atoms with E-state index in [-0.39, 0.29) is 6.42 Å². The van der Waals surface area contributed by atoms with Crippen molar-refractivity contribution in [3.05, 3.63) is 0 Å². The van der Waals surface area contributed by atoms with Crippen molar-refractivity contribution in [1.29, 1.82) is 0 Å². The molecule has 0 aliphatic rings. The van der Waals surface area contributed by atoms with Gasteiger partial charge in [0.05, 0.1) is 18.6 Å². The van der Waals surface area contributed by atoms with Gasteiger partial charge in [-0.1, -0.05) is 0 Å². The van der Waals surface area contributed by atoms with Crippen molar-refractivity contribution < 1.29 is 49.2 Å². The van der Waals surface area contributed by atoms with Crippen LogP contribution in [0.2, 0.25) is 0 Å². The van der Waals surface area contributed by atoms with E-state index in [2.05, 4.69) is 16.0 Å². The van der Waals surface area contributed by atoms with Gasteiger partial charge in [0.1, 0.15) is 18.1 Å². The van der Waals surface area contributed by atoms with Gasteiger partial charge in [-0.05, 0) is 31.8 Å². The Kier molecular flexibility index (Phi) is 13.7. The maximum atomic E-state index is 12.7. The van der Waals surface area contributed by atoms with Crippen LogP contribution in [0, 0.1) is 0 Å². The fourth-order valence-electron chi connectivity index (χ4n) is 2.51. The van der Waals surface area contributed by atoms with E-state index >= 15 is 0 Å². The predicted molar refractivity (Wildman–Crippen MR) is 115 cm³/mol. The second kappa shape index (κ2) is 15.0. The monoisotopic (exact) mass is 494 g/mol. The molecule has 188 valence electrons. The third kappa shape index (κ3) is 12.1. The maximum absolute atomic E-state index is 12.7. The number of carbonyl (C=O) groups excluding carboxylic acids is 3. The van der Waals surface area contributed by atoms with Crippen LogP contribution >= 0.6 is 11.8 Å². The number of carbonyl (C=O) groups is 6. The average molecular weight is 495 g/mol. The van der Waals surface area contributed by atoms with Crippen LogP contribution < -0.4 is 21.7 Å². The number of rotatable bonds is 16. The highest BCUT2D eigenvalue weighted by molar-refractivity contribution is 7.98. The summed E-state index contributed by atoms with van der Waals surface area (Å²) in [5.74, 6) is -6.57. The molecular formula is C18H30N4O10S. The van der Waals surface area contributed by atoms with Gasteiger partial charge in [-0.2, -0.15) is 11.8 Å². The number of aliphatic hydroxyl groups is 1. The zero-order valence-corrected chi connectivity index (χ0v) is 19.0. The minimum absolute atomic E-state index is 0.0864. The summed E-state index contributed by atoms with van der Waals surface area (Å²) in [7, 11) is 0. The first-order valence-corrected chi connectivity index (χ1v) is 11.2.